The summed E-state index contributed by atoms with van der Waals surface area (Å²) in [5.41, 5.74) is 1.67. The molecule has 0 unspecified atom stereocenters. The Morgan fingerprint density at radius 1 is 1.08 bits per heavy atom. The van der Waals surface area contributed by atoms with Crippen LogP contribution < -0.4 is 4.90 Å². The van der Waals surface area contributed by atoms with Crippen molar-refractivity contribution in [2.75, 3.05) is 11.4 Å². The van der Waals surface area contributed by atoms with E-state index < -0.39 is 10.9 Å². The summed E-state index contributed by atoms with van der Waals surface area (Å²) in [6.07, 6.45) is 6.72. The van der Waals surface area contributed by atoms with E-state index >= 15 is 0 Å². The highest BCUT2D eigenvalue weighted by Crippen LogP contribution is 2.32. The molecule has 1 amide bonds. The van der Waals surface area contributed by atoms with Crippen molar-refractivity contribution in [3.8, 4) is 0 Å². The van der Waals surface area contributed by atoms with Crippen molar-refractivity contribution in [2.24, 2.45) is 0 Å². The molecule has 0 bridgehead atoms. The standard InChI is InChI=1S/C18H24N2O5/c21-17(7-5-3-1-2-4-6-8-18(22)23)19-12-11-14-9-10-15(20(24)25)13-16(14)19/h9-10,13H,1-8,11-12H2,(H,22,23). The third-order valence-corrected chi connectivity index (χ3v) is 4.51. The number of benzene rings is 1. The first-order valence-corrected chi connectivity index (χ1v) is 8.78. The van der Waals surface area contributed by atoms with Gasteiger partial charge in [0.05, 0.1) is 10.6 Å². The SMILES string of the molecule is O=C(O)CCCCCCCCC(=O)N1CCc2ccc([N+](=O)[O-])cc21. The molecule has 0 saturated heterocycles. The van der Waals surface area contributed by atoms with Crippen LogP contribution in [-0.2, 0) is 16.0 Å². The molecular weight excluding hydrogens is 324 g/mol. The molecule has 0 aromatic heterocycles. The number of nitrogens with zero attached hydrogens (tertiary/aromatic N) is 2. The lowest BCUT2D eigenvalue weighted by molar-refractivity contribution is -0.384. The maximum Gasteiger partial charge on any atom is 0.303 e. The van der Waals surface area contributed by atoms with Crippen LogP contribution in [-0.4, -0.2) is 28.5 Å². The highest BCUT2D eigenvalue weighted by Gasteiger charge is 2.26. The number of fused-ring (bicyclic) bond motifs is 1. The number of carbonyl (C=O) groups is 2. The van der Waals surface area contributed by atoms with Crippen LogP contribution in [0.1, 0.15) is 56.9 Å². The summed E-state index contributed by atoms with van der Waals surface area (Å²) in [4.78, 5) is 34.9. The minimum atomic E-state index is -0.753. The minimum Gasteiger partial charge on any atom is -0.481 e. The topological polar surface area (TPSA) is 101 Å². The van der Waals surface area contributed by atoms with Gasteiger partial charge in [-0.2, -0.15) is 0 Å². The van der Waals surface area contributed by atoms with Crippen molar-refractivity contribution in [1.82, 2.24) is 0 Å². The first kappa shape index (κ1) is 18.9. The predicted molar refractivity (Wildman–Crippen MR) is 93.7 cm³/mol. The summed E-state index contributed by atoms with van der Waals surface area (Å²) in [7, 11) is 0. The van der Waals surface area contributed by atoms with Gasteiger partial charge in [-0.25, -0.2) is 0 Å². The largest absolute Gasteiger partial charge is 0.481 e. The lowest BCUT2D eigenvalue weighted by atomic mass is 10.1. The Hall–Kier alpha value is -2.44. The van der Waals surface area contributed by atoms with Crippen LogP contribution in [0, 0.1) is 10.1 Å². The van der Waals surface area contributed by atoms with E-state index in [2.05, 4.69) is 0 Å². The molecule has 1 aromatic carbocycles. The summed E-state index contributed by atoms with van der Waals surface area (Å²) in [5.74, 6) is -0.734. The van der Waals surface area contributed by atoms with Crippen LogP contribution in [0.4, 0.5) is 11.4 Å². The van der Waals surface area contributed by atoms with Gasteiger partial charge in [-0.1, -0.05) is 31.7 Å². The zero-order valence-electron chi connectivity index (χ0n) is 14.3. The van der Waals surface area contributed by atoms with Gasteiger partial charge in [0.1, 0.15) is 0 Å². The summed E-state index contributed by atoms with van der Waals surface area (Å²) < 4.78 is 0. The van der Waals surface area contributed by atoms with Gasteiger partial charge in [0, 0.05) is 31.5 Å². The molecule has 0 spiro atoms. The summed E-state index contributed by atoms with van der Waals surface area (Å²) in [5, 5.41) is 19.5. The molecule has 1 heterocycles. The number of unbranched alkanes of at least 4 members (excludes halogenated alkanes) is 5. The fourth-order valence-electron chi connectivity index (χ4n) is 3.13. The van der Waals surface area contributed by atoms with Crippen molar-refractivity contribution in [3.05, 3.63) is 33.9 Å². The maximum absolute atomic E-state index is 12.4. The van der Waals surface area contributed by atoms with E-state index in [4.69, 9.17) is 5.11 Å². The second-order valence-electron chi connectivity index (χ2n) is 6.38. The van der Waals surface area contributed by atoms with E-state index in [1.54, 1.807) is 11.0 Å². The number of rotatable bonds is 10. The summed E-state index contributed by atoms with van der Waals surface area (Å²) in [6, 6.07) is 4.71. The van der Waals surface area contributed by atoms with Gasteiger partial charge in [0.2, 0.25) is 5.91 Å². The van der Waals surface area contributed by atoms with Crippen LogP contribution in [0.2, 0.25) is 0 Å². The van der Waals surface area contributed by atoms with Gasteiger partial charge < -0.3 is 10.0 Å². The van der Waals surface area contributed by atoms with Crippen LogP contribution in [0.3, 0.4) is 0 Å². The molecule has 1 N–H and O–H groups in total. The number of nitro groups is 1. The van der Waals surface area contributed by atoms with Gasteiger partial charge in [0.15, 0.2) is 0 Å². The summed E-state index contributed by atoms with van der Waals surface area (Å²) in [6.45, 7) is 0.588. The maximum atomic E-state index is 12.4. The van der Waals surface area contributed by atoms with Crippen molar-refractivity contribution in [1.29, 1.82) is 0 Å². The third-order valence-electron chi connectivity index (χ3n) is 4.51. The van der Waals surface area contributed by atoms with Crippen molar-refractivity contribution in [2.45, 2.75) is 57.8 Å². The Balaban J connectivity index is 1.72. The van der Waals surface area contributed by atoms with Gasteiger partial charge in [-0.05, 0) is 24.8 Å². The van der Waals surface area contributed by atoms with Crippen molar-refractivity contribution >= 4 is 23.3 Å². The quantitative estimate of drug-likeness (QED) is 0.395. The normalized spacial score (nSPS) is 12.9. The van der Waals surface area contributed by atoms with Gasteiger partial charge >= 0.3 is 5.97 Å². The molecule has 0 aliphatic carbocycles. The molecule has 136 valence electrons. The number of nitro benzene ring substituents is 1. The monoisotopic (exact) mass is 348 g/mol. The molecule has 0 saturated carbocycles. The van der Waals surface area contributed by atoms with Gasteiger partial charge in [-0.3, -0.25) is 19.7 Å². The number of anilines is 1. The smallest absolute Gasteiger partial charge is 0.303 e. The number of carboxylic acids is 1. The van der Waals surface area contributed by atoms with Crippen molar-refractivity contribution < 1.29 is 19.6 Å². The zero-order chi connectivity index (χ0) is 18.2. The van der Waals surface area contributed by atoms with E-state index in [0.717, 1.165) is 44.1 Å². The highest BCUT2D eigenvalue weighted by molar-refractivity contribution is 5.95. The van der Waals surface area contributed by atoms with Gasteiger partial charge in [-0.15, -0.1) is 0 Å². The molecule has 1 aromatic rings. The number of amides is 1. The number of hydrogen-bond acceptors (Lipinski definition) is 4. The number of non-ortho nitro benzene ring substituents is 1. The summed E-state index contributed by atoms with van der Waals surface area (Å²) >= 11 is 0. The fourth-order valence-corrected chi connectivity index (χ4v) is 3.13. The van der Waals surface area contributed by atoms with E-state index in [9.17, 15) is 19.7 Å². The number of hydrogen-bond donors (Lipinski definition) is 1. The average molecular weight is 348 g/mol. The molecule has 0 atom stereocenters. The predicted octanol–water partition coefficient (Wildman–Crippen LogP) is 3.69. The molecule has 1 aliphatic heterocycles. The lowest BCUT2D eigenvalue weighted by Gasteiger charge is -2.17. The Bertz CT molecular complexity index is 644. The average Bonchev–Trinajstić information content (AvgIpc) is 2.99. The van der Waals surface area contributed by atoms with Crippen LogP contribution in [0.15, 0.2) is 18.2 Å². The third kappa shape index (κ3) is 5.55. The second kappa shape index (κ2) is 9.15. The van der Waals surface area contributed by atoms with Crippen LogP contribution in [0.5, 0.6) is 0 Å². The Morgan fingerprint density at radius 3 is 2.36 bits per heavy atom. The van der Waals surface area contributed by atoms with Crippen molar-refractivity contribution in [3.63, 3.8) is 0 Å². The van der Waals surface area contributed by atoms with E-state index in [0.29, 0.717) is 25.1 Å². The molecule has 2 rings (SSSR count). The molecule has 0 fully saturated rings. The molecule has 25 heavy (non-hydrogen) atoms. The highest BCUT2D eigenvalue weighted by atomic mass is 16.6. The molecule has 7 heteroatoms. The van der Waals surface area contributed by atoms with Crippen LogP contribution >= 0.6 is 0 Å². The Labute approximate surface area is 146 Å². The number of carboxylic acid groups (broad SMARTS) is 1. The lowest BCUT2D eigenvalue weighted by Crippen LogP contribution is -2.28. The first-order valence-electron chi connectivity index (χ1n) is 8.78. The first-order chi connectivity index (χ1) is 12.0. The second-order valence-corrected chi connectivity index (χ2v) is 6.38. The van der Waals surface area contributed by atoms with E-state index in [1.807, 2.05) is 0 Å². The van der Waals surface area contributed by atoms with E-state index in [1.165, 1.54) is 12.1 Å². The van der Waals surface area contributed by atoms with Crippen LogP contribution in [0.25, 0.3) is 0 Å². The Morgan fingerprint density at radius 2 is 1.72 bits per heavy atom. The molecule has 1 aliphatic rings. The van der Waals surface area contributed by atoms with Gasteiger partial charge in [0.25, 0.3) is 5.69 Å². The fraction of sp³-hybridized carbons (Fsp3) is 0.556. The minimum absolute atomic E-state index is 0.0137. The molecule has 0 radical (unpaired) electrons. The van der Waals surface area contributed by atoms with E-state index in [-0.39, 0.29) is 18.0 Å². The zero-order valence-corrected chi connectivity index (χ0v) is 14.3. The number of aliphatic carboxylic acids is 1. The molecular formula is C18H24N2O5. The molecule has 7 nitrogen and oxygen atoms in total. The Kier molecular flexibility index (Phi) is 6.91. The number of carbonyl (C=O) groups excluding carboxylic acids is 1.